The summed E-state index contributed by atoms with van der Waals surface area (Å²) in [6.07, 6.45) is 6.77. The summed E-state index contributed by atoms with van der Waals surface area (Å²) in [4.78, 5) is 2.58. The molecular formula is C13H25NOS. The molecule has 0 aromatic carbocycles. The van der Waals surface area contributed by atoms with Gasteiger partial charge in [-0.05, 0) is 62.1 Å². The minimum Gasteiger partial charge on any atom is -0.396 e. The van der Waals surface area contributed by atoms with Gasteiger partial charge in [0.15, 0.2) is 0 Å². The van der Waals surface area contributed by atoms with Crippen molar-refractivity contribution in [2.24, 2.45) is 11.8 Å². The van der Waals surface area contributed by atoms with E-state index in [0.29, 0.717) is 12.5 Å². The standard InChI is InChI=1S/C13H25NOS/c15-11-13(12-4-8-16-9-5-12)10-14-6-2-1-3-7-14/h12-13,15H,1-11H2. The van der Waals surface area contributed by atoms with Gasteiger partial charge in [-0.15, -0.1) is 0 Å². The number of aliphatic hydroxyl groups is 1. The second-order valence-corrected chi connectivity index (χ2v) is 6.48. The number of hydrogen-bond acceptors (Lipinski definition) is 3. The molecule has 94 valence electrons. The Morgan fingerprint density at radius 1 is 1.12 bits per heavy atom. The van der Waals surface area contributed by atoms with Crippen LogP contribution in [0, 0.1) is 11.8 Å². The summed E-state index contributed by atoms with van der Waals surface area (Å²) >= 11 is 2.08. The first-order valence-electron chi connectivity index (χ1n) is 6.81. The SMILES string of the molecule is OCC(CN1CCCCC1)C1CCSCC1. The Morgan fingerprint density at radius 2 is 1.81 bits per heavy atom. The molecule has 1 unspecified atom stereocenters. The average Bonchev–Trinajstić information content (AvgIpc) is 2.38. The van der Waals surface area contributed by atoms with Crippen LogP contribution in [0.5, 0.6) is 0 Å². The van der Waals surface area contributed by atoms with Gasteiger partial charge >= 0.3 is 0 Å². The quantitative estimate of drug-likeness (QED) is 0.819. The van der Waals surface area contributed by atoms with E-state index < -0.39 is 0 Å². The van der Waals surface area contributed by atoms with E-state index in [1.54, 1.807) is 0 Å². The van der Waals surface area contributed by atoms with Crippen LogP contribution in [-0.4, -0.2) is 47.8 Å². The molecule has 2 saturated heterocycles. The number of nitrogens with zero attached hydrogens (tertiary/aromatic N) is 1. The first-order valence-corrected chi connectivity index (χ1v) is 7.96. The molecular weight excluding hydrogens is 218 g/mol. The molecule has 1 N–H and O–H groups in total. The maximum absolute atomic E-state index is 9.58. The van der Waals surface area contributed by atoms with Crippen molar-refractivity contribution in [1.29, 1.82) is 0 Å². The van der Waals surface area contributed by atoms with Crippen LogP contribution >= 0.6 is 11.8 Å². The molecule has 1 atom stereocenters. The van der Waals surface area contributed by atoms with Crippen molar-refractivity contribution < 1.29 is 5.11 Å². The van der Waals surface area contributed by atoms with E-state index in [0.717, 1.165) is 12.5 Å². The molecule has 2 nitrogen and oxygen atoms in total. The number of hydrogen-bond donors (Lipinski definition) is 1. The fourth-order valence-electron chi connectivity index (χ4n) is 3.02. The highest BCUT2D eigenvalue weighted by Gasteiger charge is 2.25. The van der Waals surface area contributed by atoms with Crippen molar-refractivity contribution in [3.8, 4) is 0 Å². The number of thioether (sulfide) groups is 1. The minimum absolute atomic E-state index is 0.395. The van der Waals surface area contributed by atoms with E-state index in [1.807, 2.05) is 0 Å². The first kappa shape index (κ1) is 12.7. The fourth-order valence-corrected chi connectivity index (χ4v) is 4.16. The van der Waals surface area contributed by atoms with E-state index >= 15 is 0 Å². The summed E-state index contributed by atoms with van der Waals surface area (Å²) in [7, 11) is 0. The van der Waals surface area contributed by atoms with Crippen molar-refractivity contribution in [3.05, 3.63) is 0 Å². The van der Waals surface area contributed by atoms with E-state index in [4.69, 9.17) is 0 Å². The normalized spacial score (nSPS) is 26.8. The zero-order chi connectivity index (χ0) is 11.2. The Labute approximate surface area is 104 Å². The van der Waals surface area contributed by atoms with Crippen molar-refractivity contribution >= 4 is 11.8 Å². The molecule has 0 aromatic heterocycles. The van der Waals surface area contributed by atoms with Gasteiger partial charge in [0, 0.05) is 13.2 Å². The molecule has 2 aliphatic heterocycles. The van der Waals surface area contributed by atoms with Crippen LogP contribution in [0.15, 0.2) is 0 Å². The molecule has 3 heteroatoms. The largest absolute Gasteiger partial charge is 0.396 e. The van der Waals surface area contributed by atoms with Gasteiger partial charge in [-0.1, -0.05) is 6.42 Å². The van der Waals surface area contributed by atoms with Crippen LogP contribution in [0.2, 0.25) is 0 Å². The van der Waals surface area contributed by atoms with Crippen LogP contribution in [0.4, 0.5) is 0 Å². The lowest BCUT2D eigenvalue weighted by atomic mass is 9.87. The maximum Gasteiger partial charge on any atom is 0.0474 e. The second kappa shape index (κ2) is 6.87. The first-order chi connectivity index (χ1) is 7.90. The molecule has 0 spiro atoms. The Kier molecular flexibility index (Phi) is 5.46. The lowest BCUT2D eigenvalue weighted by Gasteiger charge is -2.35. The van der Waals surface area contributed by atoms with E-state index in [1.165, 1.54) is 56.7 Å². The van der Waals surface area contributed by atoms with Crippen LogP contribution < -0.4 is 0 Å². The molecule has 0 aromatic rings. The van der Waals surface area contributed by atoms with E-state index in [-0.39, 0.29) is 0 Å². The maximum atomic E-state index is 9.58. The van der Waals surface area contributed by atoms with Crippen molar-refractivity contribution in [2.75, 3.05) is 37.7 Å². The summed E-state index contributed by atoms with van der Waals surface area (Å²) in [6.45, 7) is 4.06. The Hall–Kier alpha value is 0.270. The van der Waals surface area contributed by atoms with Crippen LogP contribution in [0.1, 0.15) is 32.1 Å². The van der Waals surface area contributed by atoms with Gasteiger partial charge in [0.2, 0.25) is 0 Å². The zero-order valence-electron chi connectivity index (χ0n) is 10.2. The van der Waals surface area contributed by atoms with Crippen molar-refractivity contribution in [1.82, 2.24) is 4.90 Å². The Morgan fingerprint density at radius 3 is 2.44 bits per heavy atom. The number of aliphatic hydroxyl groups excluding tert-OH is 1. The molecule has 2 aliphatic rings. The van der Waals surface area contributed by atoms with Gasteiger partial charge < -0.3 is 10.0 Å². The third-order valence-electron chi connectivity index (χ3n) is 4.11. The summed E-state index contributed by atoms with van der Waals surface area (Å²) in [6, 6.07) is 0. The summed E-state index contributed by atoms with van der Waals surface area (Å²) < 4.78 is 0. The number of piperidine rings is 1. The topological polar surface area (TPSA) is 23.5 Å². The molecule has 0 saturated carbocycles. The molecule has 2 rings (SSSR count). The van der Waals surface area contributed by atoms with Gasteiger partial charge in [0.25, 0.3) is 0 Å². The number of likely N-dealkylation sites (tertiary alicyclic amines) is 1. The second-order valence-electron chi connectivity index (χ2n) is 5.25. The highest BCUT2D eigenvalue weighted by atomic mass is 32.2. The van der Waals surface area contributed by atoms with Crippen LogP contribution in [0.25, 0.3) is 0 Å². The van der Waals surface area contributed by atoms with E-state index in [9.17, 15) is 5.11 Å². The van der Waals surface area contributed by atoms with Gasteiger partial charge in [-0.25, -0.2) is 0 Å². The predicted octanol–water partition coefficient (Wildman–Crippen LogP) is 2.22. The average molecular weight is 243 g/mol. The summed E-state index contributed by atoms with van der Waals surface area (Å²) in [5.74, 6) is 3.94. The van der Waals surface area contributed by atoms with Gasteiger partial charge in [0.1, 0.15) is 0 Å². The fraction of sp³-hybridized carbons (Fsp3) is 1.00. The summed E-state index contributed by atoms with van der Waals surface area (Å²) in [5.41, 5.74) is 0. The third-order valence-corrected chi connectivity index (χ3v) is 5.16. The smallest absolute Gasteiger partial charge is 0.0474 e. The minimum atomic E-state index is 0.395. The molecule has 0 aliphatic carbocycles. The van der Waals surface area contributed by atoms with Gasteiger partial charge in [-0.2, -0.15) is 11.8 Å². The molecule has 0 amide bonds. The highest BCUT2D eigenvalue weighted by molar-refractivity contribution is 7.99. The number of rotatable bonds is 4. The summed E-state index contributed by atoms with van der Waals surface area (Å²) in [5, 5.41) is 9.58. The zero-order valence-corrected chi connectivity index (χ0v) is 11.1. The van der Waals surface area contributed by atoms with Crippen LogP contribution in [-0.2, 0) is 0 Å². The predicted molar refractivity (Wildman–Crippen MR) is 70.9 cm³/mol. The van der Waals surface area contributed by atoms with Crippen molar-refractivity contribution in [2.45, 2.75) is 32.1 Å². The molecule has 2 heterocycles. The highest BCUT2D eigenvalue weighted by Crippen LogP contribution is 2.29. The van der Waals surface area contributed by atoms with Gasteiger partial charge in [0.05, 0.1) is 0 Å². The lowest BCUT2D eigenvalue weighted by Crippen LogP contribution is -2.38. The lowest BCUT2D eigenvalue weighted by molar-refractivity contribution is 0.106. The van der Waals surface area contributed by atoms with Crippen molar-refractivity contribution in [3.63, 3.8) is 0 Å². The monoisotopic (exact) mass is 243 g/mol. The third kappa shape index (κ3) is 3.64. The molecule has 16 heavy (non-hydrogen) atoms. The Bertz CT molecular complexity index is 188. The Balaban J connectivity index is 1.78. The molecule has 0 radical (unpaired) electrons. The molecule has 0 bridgehead atoms. The van der Waals surface area contributed by atoms with Crippen LogP contribution in [0.3, 0.4) is 0 Å². The van der Waals surface area contributed by atoms with Gasteiger partial charge in [-0.3, -0.25) is 0 Å². The molecule has 2 fully saturated rings. The van der Waals surface area contributed by atoms with E-state index in [2.05, 4.69) is 16.7 Å².